The summed E-state index contributed by atoms with van der Waals surface area (Å²) in [7, 11) is 0. The SMILES string of the molecule is Cc1ccc(-c2nc(CCNC(=O)c3ccc(Oc4ccc(C(N)=O)cc4)cc3)co2)cc1. The Morgan fingerprint density at radius 1 is 0.909 bits per heavy atom. The smallest absolute Gasteiger partial charge is 0.251 e. The first-order valence-electron chi connectivity index (χ1n) is 10.5. The summed E-state index contributed by atoms with van der Waals surface area (Å²) in [6, 6.07) is 21.3. The standard InChI is InChI=1S/C26H23N3O4/c1-17-2-4-20(5-3-17)26-29-21(16-32-26)14-15-28-25(31)19-8-12-23(13-9-19)33-22-10-6-18(7-11-22)24(27)30/h2-13,16H,14-15H2,1H3,(H2,27,30)(H,28,31). The molecule has 0 atom stereocenters. The second kappa shape index (κ2) is 9.82. The van der Waals surface area contributed by atoms with Crippen LogP contribution < -0.4 is 15.8 Å². The number of aromatic nitrogens is 1. The molecule has 166 valence electrons. The van der Waals surface area contributed by atoms with E-state index in [-0.39, 0.29) is 5.91 Å². The molecule has 0 aliphatic carbocycles. The number of carbonyl (C=O) groups is 2. The van der Waals surface area contributed by atoms with E-state index in [1.54, 1.807) is 54.8 Å². The quantitative estimate of drug-likeness (QED) is 0.418. The maximum Gasteiger partial charge on any atom is 0.251 e. The molecule has 0 bridgehead atoms. The van der Waals surface area contributed by atoms with Crippen molar-refractivity contribution in [2.24, 2.45) is 5.73 Å². The number of benzene rings is 3. The number of oxazole rings is 1. The van der Waals surface area contributed by atoms with Gasteiger partial charge in [0.1, 0.15) is 17.8 Å². The van der Waals surface area contributed by atoms with Gasteiger partial charge in [0.2, 0.25) is 11.8 Å². The lowest BCUT2D eigenvalue weighted by molar-refractivity contribution is 0.0952. The van der Waals surface area contributed by atoms with Crippen LogP contribution in [0.1, 0.15) is 32.0 Å². The van der Waals surface area contributed by atoms with Crippen molar-refractivity contribution in [3.63, 3.8) is 0 Å². The van der Waals surface area contributed by atoms with Crippen LogP contribution in [-0.4, -0.2) is 23.3 Å². The zero-order valence-electron chi connectivity index (χ0n) is 18.1. The number of amides is 2. The van der Waals surface area contributed by atoms with Crippen LogP contribution in [0.4, 0.5) is 0 Å². The molecule has 0 aliphatic heterocycles. The average molecular weight is 441 g/mol. The Kier molecular flexibility index (Phi) is 6.50. The monoisotopic (exact) mass is 441 g/mol. The number of carbonyl (C=O) groups excluding carboxylic acids is 2. The van der Waals surface area contributed by atoms with E-state index >= 15 is 0 Å². The van der Waals surface area contributed by atoms with Gasteiger partial charge in [-0.1, -0.05) is 17.7 Å². The lowest BCUT2D eigenvalue weighted by Gasteiger charge is -2.08. The number of primary amides is 1. The largest absolute Gasteiger partial charge is 0.457 e. The zero-order valence-corrected chi connectivity index (χ0v) is 18.1. The molecule has 33 heavy (non-hydrogen) atoms. The van der Waals surface area contributed by atoms with E-state index in [1.165, 1.54) is 5.56 Å². The van der Waals surface area contributed by atoms with Crippen LogP contribution in [0.15, 0.2) is 83.5 Å². The molecule has 3 aromatic carbocycles. The van der Waals surface area contributed by atoms with Crippen LogP contribution in [0.5, 0.6) is 11.5 Å². The van der Waals surface area contributed by atoms with Crippen molar-refractivity contribution >= 4 is 11.8 Å². The fourth-order valence-electron chi connectivity index (χ4n) is 3.15. The first-order valence-corrected chi connectivity index (χ1v) is 10.5. The summed E-state index contributed by atoms with van der Waals surface area (Å²) in [5.41, 5.74) is 9.03. The van der Waals surface area contributed by atoms with Crippen molar-refractivity contribution < 1.29 is 18.7 Å². The molecule has 0 saturated carbocycles. The second-order valence-electron chi connectivity index (χ2n) is 7.53. The van der Waals surface area contributed by atoms with E-state index in [9.17, 15) is 9.59 Å². The highest BCUT2D eigenvalue weighted by Gasteiger charge is 2.09. The minimum Gasteiger partial charge on any atom is -0.457 e. The minimum absolute atomic E-state index is 0.186. The van der Waals surface area contributed by atoms with Gasteiger partial charge in [-0.05, 0) is 67.6 Å². The zero-order chi connectivity index (χ0) is 23.2. The number of ether oxygens (including phenoxy) is 1. The van der Waals surface area contributed by atoms with Crippen LogP contribution in [-0.2, 0) is 6.42 Å². The van der Waals surface area contributed by atoms with Crippen molar-refractivity contribution in [2.45, 2.75) is 13.3 Å². The summed E-state index contributed by atoms with van der Waals surface area (Å²) in [6.07, 6.45) is 2.17. The molecule has 7 heteroatoms. The molecule has 0 aliphatic rings. The topological polar surface area (TPSA) is 107 Å². The maximum absolute atomic E-state index is 12.4. The van der Waals surface area contributed by atoms with Crippen molar-refractivity contribution in [2.75, 3.05) is 6.54 Å². The van der Waals surface area contributed by atoms with Gasteiger partial charge in [-0.2, -0.15) is 0 Å². The molecule has 0 spiro atoms. The highest BCUT2D eigenvalue weighted by atomic mass is 16.5. The molecule has 2 amide bonds. The van der Waals surface area contributed by atoms with Gasteiger partial charge in [-0.25, -0.2) is 4.98 Å². The van der Waals surface area contributed by atoms with Crippen molar-refractivity contribution in [1.29, 1.82) is 0 Å². The third-order valence-corrected chi connectivity index (χ3v) is 5.01. The summed E-state index contributed by atoms with van der Waals surface area (Å²) in [6.45, 7) is 2.46. The van der Waals surface area contributed by atoms with E-state index in [4.69, 9.17) is 14.9 Å². The molecular formula is C26H23N3O4. The van der Waals surface area contributed by atoms with E-state index in [0.29, 0.717) is 41.5 Å². The van der Waals surface area contributed by atoms with Crippen molar-refractivity contribution in [3.05, 3.63) is 101 Å². The molecule has 0 fully saturated rings. The number of nitrogens with one attached hydrogen (secondary N) is 1. The minimum atomic E-state index is -0.493. The summed E-state index contributed by atoms with van der Waals surface area (Å²) < 4.78 is 11.3. The van der Waals surface area contributed by atoms with Crippen LogP contribution in [0.25, 0.3) is 11.5 Å². The Morgan fingerprint density at radius 2 is 1.52 bits per heavy atom. The first-order chi connectivity index (χ1) is 16.0. The molecular weight excluding hydrogens is 418 g/mol. The van der Waals surface area contributed by atoms with Crippen LogP contribution in [0, 0.1) is 6.92 Å². The summed E-state index contributed by atoms with van der Waals surface area (Å²) in [5.74, 6) is 1.03. The highest BCUT2D eigenvalue weighted by molar-refractivity contribution is 5.94. The molecule has 7 nitrogen and oxygen atoms in total. The number of hydrogen-bond donors (Lipinski definition) is 2. The fraction of sp³-hybridized carbons (Fsp3) is 0.115. The lowest BCUT2D eigenvalue weighted by Crippen LogP contribution is -2.25. The van der Waals surface area contributed by atoms with Gasteiger partial charge in [0.25, 0.3) is 5.91 Å². The Hall–Kier alpha value is -4.39. The highest BCUT2D eigenvalue weighted by Crippen LogP contribution is 2.22. The first kappa shape index (κ1) is 21.8. The molecule has 0 unspecified atom stereocenters. The Balaban J connectivity index is 1.27. The van der Waals surface area contributed by atoms with E-state index in [2.05, 4.69) is 10.3 Å². The lowest BCUT2D eigenvalue weighted by atomic mass is 10.1. The van der Waals surface area contributed by atoms with Crippen LogP contribution in [0.2, 0.25) is 0 Å². The molecule has 0 radical (unpaired) electrons. The fourth-order valence-corrected chi connectivity index (χ4v) is 3.15. The Morgan fingerprint density at radius 3 is 2.12 bits per heavy atom. The van der Waals surface area contributed by atoms with Crippen LogP contribution >= 0.6 is 0 Å². The number of aryl methyl sites for hydroxylation is 1. The third-order valence-electron chi connectivity index (χ3n) is 5.01. The predicted octanol–water partition coefficient (Wildman–Crippen LogP) is 4.51. The van der Waals surface area contributed by atoms with Gasteiger partial charge < -0.3 is 20.2 Å². The van der Waals surface area contributed by atoms with Gasteiger partial charge >= 0.3 is 0 Å². The van der Waals surface area contributed by atoms with Gasteiger partial charge in [0, 0.05) is 29.7 Å². The predicted molar refractivity (Wildman–Crippen MR) is 124 cm³/mol. The van der Waals surface area contributed by atoms with Gasteiger partial charge in [0.15, 0.2) is 0 Å². The van der Waals surface area contributed by atoms with Crippen LogP contribution in [0.3, 0.4) is 0 Å². The Bertz CT molecular complexity index is 1240. The molecule has 0 saturated heterocycles. The van der Waals surface area contributed by atoms with Crippen molar-refractivity contribution in [1.82, 2.24) is 10.3 Å². The molecule has 4 rings (SSSR count). The molecule has 1 aromatic heterocycles. The molecule has 4 aromatic rings. The number of nitrogens with two attached hydrogens (primary N) is 1. The van der Waals surface area contributed by atoms with E-state index < -0.39 is 5.91 Å². The summed E-state index contributed by atoms with van der Waals surface area (Å²) in [5, 5.41) is 2.88. The third kappa shape index (κ3) is 5.65. The second-order valence-corrected chi connectivity index (χ2v) is 7.53. The van der Waals surface area contributed by atoms with Gasteiger partial charge in [-0.3, -0.25) is 9.59 Å². The van der Waals surface area contributed by atoms with E-state index in [1.807, 2.05) is 31.2 Å². The average Bonchev–Trinajstić information content (AvgIpc) is 3.29. The summed E-state index contributed by atoms with van der Waals surface area (Å²) >= 11 is 0. The number of rotatable bonds is 8. The maximum atomic E-state index is 12.4. The summed E-state index contributed by atoms with van der Waals surface area (Å²) in [4.78, 5) is 28.0. The molecule has 3 N–H and O–H groups in total. The number of nitrogens with zero attached hydrogens (tertiary/aromatic N) is 1. The number of hydrogen-bond acceptors (Lipinski definition) is 5. The molecule has 1 heterocycles. The normalized spacial score (nSPS) is 10.6. The Labute approximate surface area is 191 Å². The van der Waals surface area contributed by atoms with Gasteiger partial charge in [0.05, 0.1) is 5.69 Å². The van der Waals surface area contributed by atoms with Crippen molar-refractivity contribution in [3.8, 4) is 23.0 Å². The van der Waals surface area contributed by atoms with E-state index in [0.717, 1.165) is 11.3 Å². The van der Waals surface area contributed by atoms with Gasteiger partial charge in [-0.15, -0.1) is 0 Å².